The molecule has 0 saturated heterocycles. The first-order valence-electron chi connectivity index (χ1n) is 7.96. The second-order valence-electron chi connectivity index (χ2n) is 5.90. The molecule has 0 saturated carbocycles. The van der Waals surface area contributed by atoms with Gasteiger partial charge in [0.1, 0.15) is 11.6 Å². The van der Waals surface area contributed by atoms with Crippen LogP contribution in [0, 0.1) is 19.7 Å². The van der Waals surface area contributed by atoms with Crippen molar-refractivity contribution >= 4 is 22.2 Å². The number of aryl methyl sites for hydroxylation is 2. The lowest BCUT2D eigenvalue weighted by molar-refractivity contribution is 0.0942. The third-order valence-electron chi connectivity index (χ3n) is 4.06. The fourth-order valence-electron chi connectivity index (χ4n) is 2.64. The Morgan fingerprint density at radius 1 is 1.31 bits per heavy atom. The van der Waals surface area contributed by atoms with Gasteiger partial charge in [-0.3, -0.25) is 9.20 Å². The van der Waals surface area contributed by atoms with Gasteiger partial charge in [-0.05, 0) is 38.1 Å². The van der Waals surface area contributed by atoms with E-state index in [0.29, 0.717) is 12.3 Å². The number of aromatic nitrogens is 3. The fourth-order valence-corrected chi connectivity index (χ4v) is 3.68. The van der Waals surface area contributed by atoms with E-state index in [2.05, 4.69) is 15.5 Å². The highest BCUT2D eigenvalue weighted by Gasteiger charge is 2.15. The van der Waals surface area contributed by atoms with Crippen molar-refractivity contribution in [3.05, 3.63) is 64.4 Å². The van der Waals surface area contributed by atoms with Crippen LogP contribution in [0.25, 0.3) is 16.2 Å². The third kappa shape index (κ3) is 2.99. The Labute approximate surface area is 152 Å². The highest BCUT2D eigenvalue weighted by atomic mass is 32.1. The van der Waals surface area contributed by atoms with Crippen LogP contribution in [-0.4, -0.2) is 20.4 Å². The molecule has 0 aliphatic rings. The summed E-state index contributed by atoms with van der Waals surface area (Å²) in [6, 6.07) is 7.85. The molecule has 0 unspecified atom stereocenters. The number of amides is 1. The van der Waals surface area contributed by atoms with Crippen molar-refractivity contribution in [1.29, 1.82) is 0 Å². The summed E-state index contributed by atoms with van der Waals surface area (Å²) in [5.74, 6) is 0.0415. The number of rotatable bonds is 4. The summed E-state index contributed by atoms with van der Waals surface area (Å²) in [6.45, 7) is 4.10. The average Bonchev–Trinajstić information content (AvgIpc) is 3.30. The molecule has 0 aliphatic heterocycles. The molecule has 0 aliphatic carbocycles. The number of fused-ring (bicyclic) bond motifs is 1. The van der Waals surface area contributed by atoms with Crippen molar-refractivity contribution in [3.63, 3.8) is 0 Å². The number of hydrogen-bond donors (Lipinski definition) is 1. The number of nitrogens with one attached hydrogen (secondary N) is 1. The van der Waals surface area contributed by atoms with Gasteiger partial charge in [0.15, 0.2) is 10.7 Å². The van der Waals surface area contributed by atoms with Crippen LogP contribution in [0.4, 0.5) is 4.39 Å². The number of benzene rings is 1. The van der Waals surface area contributed by atoms with Gasteiger partial charge in [-0.15, -0.1) is 0 Å². The summed E-state index contributed by atoms with van der Waals surface area (Å²) in [4.78, 5) is 18.5. The van der Waals surface area contributed by atoms with Gasteiger partial charge in [-0.25, -0.2) is 9.37 Å². The molecule has 4 rings (SSSR count). The zero-order chi connectivity index (χ0) is 18.3. The minimum atomic E-state index is -0.278. The van der Waals surface area contributed by atoms with E-state index in [1.807, 2.05) is 17.5 Å². The molecule has 0 radical (unpaired) electrons. The van der Waals surface area contributed by atoms with Gasteiger partial charge in [0, 0.05) is 28.4 Å². The minimum absolute atomic E-state index is 0.264. The molecule has 6 nitrogen and oxygen atoms in total. The summed E-state index contributed by atoms with van der Waals surface area (Å²) >= 11 is 1.50. The molecule has 0 atom stereocenters. The Morgan fingerprint density at radius 2 is 2.08 bits per heavy atom. The van der Waals surface area contributed by atoms with Gasteiger partial charge >= 0.3 is 0 Å². The van der Waals surface area contributed by atoms with E-state index in [1.54, 1.807) is 25.1 Å². The Hall–Kier alpha value is -3.00. The van der Waals surface area contributed by atoms with E-state index >= 15 is 0 Å². The lowest BCUT2D eigenvalue weighted by Crippen LogP contribution is -2.23. The molecule has 0 fully saturated rings. The standard InChI is InChI=1S/C18H15FN4O2S/c1-10-7-14(22-25-10)17(24)20-8-16-11(2)23-9-15(21-18(23)26-16)12-3-5-13(19)6-4-12/h3-7,9H,8H2,1-2H3,(H,20,24). The van der Waals surface area contributed by atoms with E-state index in [4.69, 9.17) is 4.52 Å². The molecule has 132 valence electrons. The lowest BCUT2D eigenvalue weighted by atomic mass is 10.2. The summed E-state index contributed by atoms with van der Waals surface area (Å²) in [6.07, 6.45) is 1.92. The largest absolute Gasteiger partial charge is 0.361 e. The third-order valence-corrected chi connectivity index (χ3v) is 5.22. The number of carbonyl (C=O) groups is 1. The molecule has 3 heterocycles. The number of imidazole rings is 1. The Balaban J connectivity index is 1.54. The van der Waals surface area contributed by atoms with Crippen molar-refractivity contribution in [2.75, 3.05) is 0 Å². The maximum absolute atomic E-state index is 13.1. The zero-order valence-electron chi connectivity index (χ0n) is 14.1. The first kappa shape index (κ1) is 16.5. The van der Waals surface area contributed by atoms with Crippen LogP contribution in [0.5, 0.6) is 0 Å². The summed E-state index contributed by atoms with van der Waals surface area (Å²) < 4.78 is 20.0. The maximum atomic E-state index is 13.1. The first-order chi connectivity index (χ1) is 12.5. The van der Waals surface area contributed by atoms with Crippen LogP contribution < -0.4 is 5.32 Å². The maximum Gasteiger partial charge on any atom is 0.273 e. The zero-order valence-corrected chi connectivity index (χ0v) is 14.9. The highest BCUT2D eigenvalue weighted by Crippen LogP contribution is 2.27. The monoisotopic (exact) mass is 370 g/mol. The molecule has 3 aromatic heterocycles. The van der Waals surface area contributed by atoms with Crippen LogP contribution in [-0.2, 0) is 6.54 Å². The quantitative estimate of drug-likeness (QED) is 0.594. The smallest absolute Gasteiger partial charge is 0.273 e. The molecule has 0 spiro atoms. The normalized spacial score (nSPS) is 11.2. The van der Waals surface area contributed by atoms with Crippen molar-refractivity contribution < 1.29 is 13.7 Å². The van der Waals surface area contributed by atoms with E-state index in [-0.39, 0.29) is 17.4 Å². The van der Waals surface area contributed by atoms with Crippen molar-refractivity contribution in [3.8, 4) is 11.3 Å². The minimum Gasteiger partial charge on any atom is -0.361 e. The second-order valence-corrected chi connectivity index (χ2v) is 6.96. The molecule has 1 aromatic carbocycles. The van der Waals surface area contributed by atoms with E-state index in [0.717, 1.165) is 26.8 Å². The average molecular weight is 370 g/mol. The summed E-state index contributed by atoms with van der Waals surface area (Å²) in [5.41, 5.74) is 2.91. The highest BCUT2D eigenvalue weighted by molar-refractivity contribution is 7.17. The molecular weight excluding hydrogens is 355 g/mol. The number of carbonyl (C=O) groups excluding carboxylic acids is 1. The second kappa shape index (κ2) is 6.38. The fraction of sp³-hybridized carbons (Fsp3) is 0.167. The number of nitrogens with zero attached hydrogens (tertiary/aromatic N) is 3. The van der Waals surface area contributed by atoms with Gasteiger partial charge < -0.3 is 9.84 Å². The molecule has 8 heteroatoms. The molecule has 4 aromatic rings. The number of thiazole rings is 1. The van der Waals surface area contributed by atoms with E-state index in [1.165, 1.54) is 23.5 Å². The predicted molar refractivity (Wildman–Crippen MR) is 95.6 cm³/mol. The van der Waals surface area contributed by atoms with Gasteiger partial charge in [-0.2, -0.15) is 0 Å². The van der Waals surface area contributed by atoms with Crippen molar-refractivity contribution in [2.45, 2.75) is 20.4 Å². The molecule has 0 bridgehead atoms. The van der Waals surface area contributed by atoms with E-state index < -0.39 is 0 Å². The van der Waals surface area contributed by atoms with E-state index in [9.17, 15) is 9.18 Å². The first-order valence-corrected chi connectivity index (χ1v) is 8.78. The van der Waals surface area contributed by atoms with Gasteiger partial charge in [-0.1, -0.05) is 16.5 Å². The molecule has 26 heavy (non-hydrogen) atoms. The SMILES string of the molecule is Cc1cc(C(=O)NCc2sc3nc(-c4ccc(F)cc4)cn3c2C)no1. The molecule has 1 amide bonds. The molecule has 1 N–H and O–H groups in total. The van der Waals surface area contributed by atoms with Crippen molar-refractivity contribution in [2.24, 2.45) is 0 Å². The summed E-state index contributed by atoms with van der Waals surface area (Å²) in [7, 11) is 0. The summed E-state index contributed by atoms with van der Waals surface area (Å²) in [5, 5.41) is 6.55. The topological polar surface area (TPSA) is 72.4 Å². The Morgan fingerprint density at radius 3 is 2.73 bits per heavy atom. The van der Waals surface area contributed by atoms with Crippen molar-refractivity contribution in [1.82, 2.24) is 19.9 Å². The number of hydrogen-bond acceptors (Lipinski definition) is 5. The van der Waals surface area contributed by atoms with Crippen LogP contribution in [0.2, 0.25) is 0 Å². The van der Waals surface area contributed by atoms with Crippen LogP contribution in [0.3, 0.4) is 0 Å². The Kier molecular flexibility index (Phi) is 4.04. The van der Waals surface area contributed by atoms with Crippen LogP contribution >= 0.6 is 11.3 Å². The molecular formula is C18H15FN4O2S. The predicted octanol–water partition coefficient (Wildman–Crippen LogP) is 3.74. The van der Waals surface area contributed by atoms with Crippen LogP contribution in [0.1, 0.15) is 26.8 Å². The van der Waals surface area contributed by atoms with Gasteiger partial charge in [0.25, 0.3) is 5.91 Å². The lowest BCUT2D eigenvalue weighted by Gasteiger charge is -2.02. The van der Waals surface area contributed by atoms with Crippen LogP contribution in [0.15, 0.2) is 41.1 Å². The number of halogens is 1. The van der Waals surface area contributed by atoms with Gasteiger partial charge in [0.2, 0.25) is 0 Å². The Bertz CT molecular complexity index is 1090. The van der Waals surface area contributed by atoms with Gasteiger partial charge in [0.05, 0.1) is 12.2 Å².